The van der Waals surface area contributed by atoms with Crippen LogP contribution in [-0.2, 0) is 22.4 Å². The van der Waals surface area contributed by atoms with Crippen LogP contribution < -0.4 is 4.74 Å². The van der Waals surface area contributed by atoms with E-state index in [4.69, 9.17) is 9.84 Å². The Morgan fingerprint density at radius 1 is 1.43 bits per heavy atom. The predicted molar refractivity (Wildman–Crippen MR) is 72.0 cm³/mol. The number of ether oxygens (including phenoxy) is 1. The highest BCUT2D eigenvalue weighted by Gasteiger charge is 2.46. The van der Waals surface area contributed by atoms with E-state index in [1.165, 1.54) is 4.90 Å². The van der Waals surface area contributed by atoms with E-state index in [9.17, 15) is 14.0 Å². The van der Waals surface area contributed by atoms with Crippen LogP contribution in [0.5, 0.6) is 5.75 Å². The second kappa shape index (κ2) is 5.02. The molecular weight excluding hydrogens is 277 g/mol. The molecule has 1 aromatic rings. The summed E-state index contributed by atoms with van der Waals surface area (Å²) in [5.41, 5.74) is -0.385. The fourth-order valence-electron chi connectivity index (χ4n) is 2.80. The number of carboxylic acid groups (broad SMARTS) is 1. The number of likely N-dealkylation sites (tertiary alicyclic amines) is 1. The fourth-order valence-corrected chi connectivity index (χ4v) is 2.80. The summed E-state index contributed by atoms with van der Waals surface area (Å²) in [6.07, 6.45) is 0.836. The van der Waals surface area contributed by atoms with Crippen molar-refractivity contribution in [2.75, 3.05) is 19.7 Å². The quantitative estimate of drug-likeness (QED) is 0.909. The summed E-state index contributed by atoms with van der Waals surface area (Å²) in [5.74, 6) is -0.886. The first-order chi connectivity index (χ1) is 9.98. The van der Waals surface area contributed by atoms with Crippen molar-refractivity contribution >= 4 is 11.9 Å². The number of benzene rings is 1. The van der Waals surface area contributed by atoms with E-state index >= 15 is 0 Å². The van der Waals surface area contributed by atoms with E-state index in [0.717, 1.165) is 23.3 Å². The summed E-state index contributed by atoms with van der Waals surface area (Å²) in [5, 5.41) is 8.84. The standard InChI is InChI=1S/C15H16FNO4/c16-15(14(19)20)4-5-17(9-15)13(18)8-10-1-2-12-11(7-10)3-6-21-12/h1-2,7H,3-6,8-9H2,(H,19,20). The highest BCUT2D eigenvalue weighted by atomic mass is 19.1. The monoisotopic (exact) mass is 293 g/mol. The Kier molecular flexibility index (Phi) is 3.31. The Balaban J connectivity index is 1.66. The normalized spacial score (nSPS) is 23.8. The lowest BCUT2D eigenvalue weighted by molar-refractivity contribution is -0.150. The number of amides is 1. The van der Waals surface area contributed by atoms with Gasteiger partial charge in [0.2, 0.25) is 11.6 Å². The molecule has 0 saturated carbocycles. The smallest absolute Gasteiger partial charge is 0.343 e. The summed E-state index contributed by atoms with van der Waals surface area (Å²) in [6.45, 7) is 0.437. The Labute approximate surface area is 121 Å². The lowest BCUT2D eigenvalue weighted by atomic mass is 10.1. The van der Waals surface area contributed by atoms with Crippen molar-refractivity contribution in [3.05, 3.63) is 29.3 Å². The van der Waals surface area contributed by atoms with Gasteiger partial charge in [-0.3, -0.25) is 4.79 Å². The van der Waals surface area contributed by atoms with Crippen molar-refractivity contribution in [1.82, 2.24) is 4.90 Å². The molecule has 1 unspecified atom stereocenters. The second-order valence-corrected chi connectivity index (χ2v) is 5.55. The van der Waals surface area contributed by atoms with Gasteiger partial charge in [0.05, 0.1) is 19.6 Å². The molecule has 1 amide bonds. The van der Waals surface area contributed by atoms with Gasteiger partial charge in [-0.25, -0.2) is 9.18 Å². The molecule has 1 aromatic carbocycles. The van der Waals surface area contributed by atoms with Crippen molar-refractivity contribution in [1.29, 1.82) is 0 Å². The number of carboxylic acids is 1. The molecule has 112 valence electrons. The zero-order valence-electron chi connectivity index (χ0n) is 11.5. The minimum atomic E-state index is -2.30. The predicted octanol–water partition coefficient (Wildman–Crippen LogP) is 1.19. The van der Waals surface area contributed by atoms with Crippen LogP contribution in [0.1, 0.15) is 17.5 Å². The van der Waals surface area contributed by atoms with Crippen LogP contribution in [0.25, 0.3) is 0 Å². The lowest BCUT2D eigenvalue weighted by Crippen LogP contribution is -2.39. The van der Waals surface area contributed by atoms with Crippen molar-refractivity contribution in [2.24, 2.45) is 0 Å². The van der Waals surface area contributed by atoms with Crippen molar-refractivity contribution in [2.45, 2.75) is 24.9 Å². The first-order valence-electron chi connectivity index (χ1n) is 6.93. The van der Waals surface area contributed by atoms with Crippen molar-refractivity contribution in [3.63, 3.8) is 0 Å². The first kappa shape index (κ1) is 13.9. The van der Waals surface area contributed by atoms with E-state index in [1.807, 2.05) is 18.2 Å². The second-order valence-electron chi connectivity index (χ2n) is 5.55. The average Bonchev–Trinajstić information content (AvgIpc) is 3.05. The van der Waals surface area contributed by atoms with E-state index in [-0.39, 0.29) is 31.8 Å². The number of hydrogen-bond acceptors (Lipinski definition) is 3. The lowest BCUT2D eigenvalue weighted by Gasteiger charge is -2.18. The molecule has 1 fully saturated rings. The minimum absolute atomic E-state index is 0.147. The number of fused-ring (bicyclic) bond motifs is 1. The molecule has 21 heavy (non-hydrogen) atoms. The summed E-state index contributed by atoms with van der Waals surface area (Å²) in [6, 6.07) is 5.58. The van der Waals surface area contributed by atoms with Gasteiger partial charge in [0.15, 0.2) is 0 Å². The van der Waals surface area contributed by atoms with Gasteiger partial charge in [-0.15, -0.1) is 0 Å². The van der Waals surface area contributed by atoms with Gasteiger partial charge < -0.3 is 14.7 Å². The number of carbonyl (C=O) groups excluding carboxylic acids is 1. The zero-order valence-corrected chi connectivity index (χ0v) is 11.5. The number of nitrogens with zero attached hydrogens (tertiary/aromatic N) is 1. The highest BCUT2D eigenvalue weighted by molar-refractivity contribution is 5.83. The molecular formula is C15H16FNO4. The zero-order chi connectivity index (χ0) is 15.0. The molecule has 0 aromatic heterocycles. The first-order valence-corrected chi connectivity index (χ1v) is 6.93. The van der Waals surface area contributed by atoms with Crippen molar-refractivity contribution in [3.8, 4) is 5.75 Å². The van der Waals surface area contributed by atoms with Gasteiger partial charge in [0, 0.05) is 19.4 Å². The molecule has 0 radical (unpaired) electrons. The number of aliphatic carboxylic acids is 1. The summed E-state index contributed by atoms with van der Waals surface area (Å²) >= 11 is 0. The highest BCUT2D eigenvalue weighted by Crippen LogP contribution is 2.28. The molecule has 0 aliphatic carbocycles. The number of rotatable bonds is 3. The molecule has 1 saturated heterocycles. The third kappa shape index (κ3) is 2.57. The van der Waals surface area contributed by atoms with Crippen LogP contribution in [0, 0.1) is 0 Å². The largest absolute Gasteiger partial charge is 0.493 e. The average molecular weight is 293 g/mol. The molecule has 6 heteroatoms. The number of alkyl halides is 1. The topological polar surface area (TPSA) is 66.8 Å². The van der Waals surface area contributed by atoms with Crippen LogP contribution in [0.15, 0.2) is 18.2 Å². The Morgan fingerprint density at radius 2 is 2.24 bits per heavy atom. The van der Waals surface area contributed by atoms with E-state index < -0.39 is 11.6 Å². The van der Waals surface area contributed by atoms with Crippen LogP contribution in [0.4, 0.5) is 4.39 Å². The van der Waals surface area contributed by atoms with E-state index in [1.54, 1.807) is 0 Å². The van der Waals surface area contributed by atoms with Crippen LogP contribution in [-0.4, -0.2) is 47.2 Å². The summed E-state index contributed by atoms with van der Waals surface area (Å²) in [7, 11) is 0. The van der Waals surface area contributed by atoms with Gasteiger partial charge >= 0.3 is 5.97 Å². The third-order valence-electron chi connectivity index (χ3n) is 4.06. The van der Waals surface area contributed by atoms with Crippen LogP contribution in [0.3, 0.4) is 0 Å². The molecule has 3 rings (SSSR count). The molecule has 5 nitrogen and oxygen atoms in total. The molecule has 0 bridgehead atoms. The summed E-state index contributed by atoms with van der Waals surface area (Å²) in [4.78, 5) is 24.3. The third-order valence-corrected chi connectivity index (χ3v) is 4.06. The van der Waals surface area contributed by atoms with Gasteiger partial charge in [0.25, 0.3) is 0 Å². The molecule has 0 spiro atoms. The SMILES string of the molecule is O=C(Cc1ccc2c(c1)CCO2)N1CCC(F)(C(=O)O)C1. The molecule has 2 aliphatic heterocycles. The minimum Gasteiger partial charge on any atom is -0.493 e. The Hall–Kier alpha value is -2.11. The van der Waals surface area contributed by atoms with E-state index in [2.05, 4.69) is 0 Å². The Bertz CT molecular complexity index is 603. The van der Waals surface area contributed by atoms with Gasteiger partial charge in [0.1, 0.15) is 5.75 Å². The van der Waals surface area contributed by atoms with Gasteiger partial charge in [-0.2, -0.15) is 0 Å². The maximum atomic E-state index is 14.0. The fraction of sp³-hybridized carbons (Fsp3) is 0.467. The van der Waals surface area contributed by atoms with Crippen LogP contribution in [0.2, 0.25) is 0 Å². The van der Waals surface area contributed by atoms with Gasteiger partial charge in [-0.1, -0.05) is 12.1 Å². The maximum Gasteiger partial charge on any atom is 0.343 e. The van der Waals surface area contributed by atoms with E-state index in [0.29, 0.717) is 6.61 Å². The molecule has 2 heterocycles. The van der Waals surface area contributed by atoms with Crippen LogP contribution >= 0.6 is 0 Å². The Morgan fingerprint density at radius 3 is 2.95 bits per heavy atom. The maximum absolute atomic E-state index is 14.0. The molecule has 1 N–H and O–H groups in total. The molecule has 1 atom stereocenters. The number of hydrogen-bond donors (Lipinski definition) is 1. The molecule has 2 aliphatic rings. The number of halogens is 1. The summed E-state index contributed by atoms with van der Waals surface area (Å²) < 4.78 is 19.4. The van der Waals surface area contributed by atoms with Crippen molar-refractivity contribution < 1.29 is 23.8 Å². The van der Waals surface area contributed by atoms with Gasteiger partial charge in [-0.05, 0) is 17.2 Å². The number of carbonyl (C=O) groups is 2.